The van der Waals surface area contributed by atoms with Crippen LogP contribution in [-0.2, 0) is 4.79 Å². The molecule has 0 radical (unpaired) electrons. The first-order chi connectivity index (χ1) is 12.1. The molecule has 1 heterocycles. The van der Waals surface area contributed by atoms with Crippen LogP contribution in [0.25, 0.3) is 0 Å². The molecule has 0 atom stereocenters. The van der Waals surface area contributed by atoms with Crippen molar-refractivity contribution in [3.8, 4) is 5.75 Å². The van der Waals surface area contributed by atoms with Crippen LogP contribution in [0.2, 0.25) is 0 Å². The Morgan fingerprint density at radius 2 is 1.84 bits per heavy atom. The average Bonchev–Trinajstić information content (AvgIpc) is 2.89. The first-order valence-electron chi connectivity index (χ1n) is 8.26. The maximum atomic E-state index is 12.8. The zero-order valence-corrected chi connectivity index (χ0v) is 14.6. The Kier molecular flexibility index (Phi) is 4.84. The molecule has 0 bridgehead atoms. The van der Waals surface area contributed by atoms with E-state index >= 15 is 0 Å². The molecule has 1 aliphatic rings. The van der Waals surface area contributed by atoms with Crippen LogP contribution in [0, 0.1) is 6.92 Å². The summed E-state index contributed by atoms with van der Waals surface area (Å²) < 4.78 is 5.59. The van der Waals surface area contributed by atoms with Crippen LogP contribution in [0.4, 0.5) is 11.4 Å². The standard InChI is InChI=1S/C20H21N3O2/c1-4-25-19-12-8-6-10-17(19)21-13-16-15(3)22-23(20(16)24)18-11-7-5-9-14(18)2/h5-13,21H,4H2,1-3H3. The maximum absolute atomic E-state index is 12.8. The second kappa shape index (κ2) is 7.21. The molecule has 0 saturated carbocycles. The number of aryl methyl sites for hydroxylation is 1. The molecule has 0 aliphatic carbocycles. The molecule has 1 aliphatic heterocycles. The van der Waals surface area contributed by atoms with E-state index in [0.29, 0.717) is 17.9 Å². The molecular formula is C20H21N3O2. The molecular weight excluding hydrogens is 314 g/mol. The molecule has 5 nitrogen and oxygen atoms in total. The van der Waals surface area contributed by atoms with E-state index < -0.39 is 0 Å². The van der Waals surface area contributed by atoms with Crippen molar-refractivity contribution in [1.82, 2.24) is 0 Å². The Balaban J connectivity index is 1.85. The predicted molar refractivity (Wildman–Crippen MR) is 101 cm³/mol. The van der Waals surface area contributed by atoms with Crippen molar-refractivity contribution in [2.24, 2.45) is 5.10 Å². The molecule has 1 N–H and O–H groups in total. The van der Waals surface area contributed by atoms with Gasteiger partial charge in [0.2, 0.25) is 0 Å². The summed E-state index contributed by atoms with van der Waals surface area (Å²) in [6.45, 7) is 6.31. The van der Waals surface area contributed by atoms with Crippen molar-refractivity contribution in [1.29, 1.82) is 0 Å². The number of anilines is 2. The molecule has 0 unspecified atom stereocenters. The number of benzene rings is 2. The number of para-hydroxylation sites is 3. The zero-order valence-electron chi connectivity index (χ0n) is 14.6. The third-order valence-electron chi connectivity index (χ3n) is 3.97. The Hall–Kier alpha value is -3.08. The minimum atomic E-state index is -0.145. The van der Waals surface area contributed by atoms with Crippen LogP contribution in [0.3, 0.4) is 0 Å². The van der Waals surface area contributed by atoms with Crippen LogP contribution in [0.15, 0.2) is 65.4 Å². The van der Waals surface area contributed by atoms with E-state index in [2.05, 4.69) is 10.4 Å². The highest BCUT2D eigenvalue weighted by Crippen LogP contribution is 2.28. The number of hydrogen-bond acceptors (Lipinski definition) is 4. The van der Waals surface area contributed by atoms with Gasteiger partial charge >= 0.3 is 0 Å². The monoisotopic (exact) mass is 335 g/mol. The molecule has 128 valence electrons. The number of nitrogens with one attached hydrogen (secondary N) is 1. The summed E-state index contributed by atoms with van der Waals surface area (Å²) in [6.07, 6.45) is 1.69. The number of rotatable bonds is 5. The van der Waals surface area contributed by atoms with E-state index in [-0.39, 0.29) is 5.91 Å². The van der Waals surface area contributed by atoms with Crippen molar-refractivity contribution in [3.05, 3.63) is 65.9 Å². The number of amides is 1. The van der Waals surface area contributed by atoms with E-state index in [1.165, 1.54) is 5.01 Å². The Labute approximate surface area is 147 Å². The lowest BCUT2D eigenvalue weighted by molar-refractivity contribution is -0.114. The first kappa shape index (κ1) is 16.8. The molecule has 5 heteroatoms. The van der Waals surface area contributed by atoms with Gasteiger partial charge in [-0.3, -0.25) is 4.79 Å². The normalized spacial score (nSPS) is 15.5. The fraction of sp³-hybridized carbons (Fsp3) is 0.200. The van der Waals surface area contributed by atoms with Crippen LogP contribution in [0.1, 0.15) is 19.4 Å². The molecule has 25 heavy (non-hydrogen) atoms. The summed E-state index contributed by atoms with van der Waals surface area (Å²) in [5.41, 5.74) is 3.82. The Morgan fingerprint density at radius 3 is 2.60 bits per heavy atom. The second-order valence-corrected chi connectivity index (χ2v) is 5.72. The lowest BCUT2D eigenvalue weighted by Gasteiger charge is -2.14. The van der Waals surface area contributed by atoms with E-state index in [9.17, 15) is 4.79 Å². The SMILES string of the molecule is CCOc1ccccc1NC=C1C(=O)N(c2ccccc2C)N=C1C. The summed E-state index contributed by atoms with van der Waals surface area (Å²) in [4.78, 5) is 12.8. The van der Waals surface area contributed by atoms with Gasteiger partial charge in [-0.2, -0.15) is 10.1 Å². The number of hydrogen-bond donors (Lipinski definition) is 1. The average molecular weight is 335 g/mol. The molecule has 0 spiro atoms. The number of ether oxygens (including phenoxy) is 1. The van der Waals surface area contributed by atoms with Gasteiger partial charge in [0.05, 0.1) is 29.3 Å². The van der Waals surface area contributed by atoms with Gasteiger partial charge in [-0.15, -0.1) is 0 Å². The molecule has 1 amide bonds. The largest absolute Gasteiger partial charge is 0.492 e. The van der Waals surface area contributed by atoms with Crippen molar-refractivity contribution in [2.75, 3.05) is 16.9 Å². The first-order valence-corrected chi connectivity index (χ1v) is 8.26. The van der Waals surface area contributed by atoms with Crippen molar-refractivity contribution >= 4 is 23.0 Å². The summed E-state index contributed by atoms with van der Waals surface area (Å²) in [6, 6.07) is 15.3. The van der Waals surface area contributed by atoms with Gasteiger partial charge in [0.25, 0.3) is 5.91 Å². The fourth-order valence-corrected chi connectivity index (χ4v) is 2.67. The maximum Gasteiger partial charge on any atom is 0.282 e. The van der Waals surface area contributed by atoms with Crippen LogP contribution < -0.4 is 15.1 Å². The quantitative estimate of drug-likeness (QED) is 0.837. The topological polar surface area (TPSA) is 53.9 Å². The number of hydrazone groups is 1. The van der Waals surface area contributed by atoms with Crippen LogP contribution in [0.5, 0.6) is 5.75 Å². The number of carbonyl (C=O) groups excluding carboxylic acids is 1. The molecule has 2 aromatic rings. The molecule has 3 rings (SSSR count). The Bertz CT molecular complexity index is 856. The van der Waals surface area contributed by atoms with E-state index in [1.54, 1.807) is 6.20 Å². The third-order valence-corrected chi connectivity index (χ3v) is 3.97. The molecule has 0 aromatic heterocycles. The highest BCUT2D eigenvalue weighted by atomic mass is 16.5. The summed E-state index contributed by atoms with van der Waals surface area (Å²) in [5.74, 6) is 0.603. The molecule has 0 fully saturated rings. The summed E-state index contributed by atoms with van der Waals surface area (Å²) in [7, 11) is 0. The van der Waals surface area contributed by atoms with Crippen molar-refractivity contribution in [2.45, 2.75) is 20.8 Å². The highest BCUT2D eigenvalue weighted by Gasteiger charge is 2.29. The molecule has 0 saturated heterocycles. The van der Waals surface area contributed by atoms with Gasteiger partial charge < -0.3 is 10.1 Å². The van der Waals surface area contributed by atoms with Crippen LogP contribution >= 0.6 is 0 Å². The molecule has 2 aromatic carbocycles. The van der Waals surface area contributed by atoms with Crippen LogP contribution in [-0.4, -0.2) is 18.2 Å². The third kappa shape index (κ3) is 3.40. The predicted octanol–water partition coefficient (Wildman–Crippen LogP) is 4.11. The van der Waals surface area contributed by atoms with E-state index in [1.807, 2.05) is 69.3 Å². The van der Waals surface area contributed by atoms with E-state index in [0.717, 1.165) is 22.7 Å². The lowest BCUT2D eigenvalue weighted by Crippen LogP contribution is -2.22. The van der Waals surface area contributed by atoms with E-state index in [4.69, 9.17) is 4.74 Å². The number of carbonyl (C=O) groups is 1. The highest BCUT2D eigenvalue weighted by molar-refractivity contribution is 6.29. The summed E-state index contributed by atoms with van der Waals surface area (Å²) in [5, 5.41) is 9.04. The number of nitrogens with zero attached hydrogens (tertiary/aromatic N) is 2. The van der Waals surface area contributed by atoms with Gasteiger partial charge in [0.15, 0.2) is 0 Å². The van der Waals surface area contributed by atoms with Gasteiger partial charge in [-0.1, -0.05) is 30.3 Å². The lowest BCUT2D eigenvalue weighted by atomic mass is 10.1. The van der Waals surface area contributed by atoms with Gasteiger partial charge in [0, 0.05) is 6.20 Å². The zero-order chi connectivity index (χ0) is 17.8. The van der Waals surface area contributed by atoms with Gasteiger partial charge in [0.1, 0.15) is 5.75 Å². The smallest absolute Gasteiger partial charge is 0.282 e. The van der Waals surface area contributed by atoms with Crippen molar-refractivity contribution in [3.63, 3.8) is 0 Å². The summed E-state index contributed by atoms with van der Waals surface area (Å²) >= 11 is 0. The van der Waals surface area contributed by atoms with Gasteiger partial charge in [-0.05, 0) is 44.5 Å². The van der Waals surface area contributed by atoms with Crippen molar-refractivity contribution < 1.29 is 9.53 Å². The van der Waals surface area contributed by atoms with Gasteiger partial charge in [-0.25, -0.2) is 0 Å². The second-order valence-electron chi connectivity index (χ2n) is 5.72. The minimum absolute atomic E-state index is 0.145. The Morgan fingerprint density at radius 1 is 1.12 bits per heavy atom. The fourth-order valence-electron chi connectivity index (χ4n) is 2.67. The minimum Gasteiger partial charge on any atom is -0.492 e.